The molecule has 1 saturated carbocycles. The van der Waals surface area contributed by atoms with Gasteiger partial charge in [0.15, 0.2) is 11.5 Å². The summed E-state index contributed by atoms with van der Waals surface area (Å²) in [4.78, 5) is 15.4. The van der Waals surface area contributed by atoms with Gasteiger partial charge in [-0.2, -0.15) is 0 Å². The molecule has 7 nitrogen and oxygen atoms in total. The predicted octanol–water partition coefficient (Wildman–Crippen LogP) is 4.64. The second-order valence-electron chi connectivity index (χ2n) is 9.95. The minimum atomic E-state index is -0.733. The fourth-order valence-electron chi connectivity index (χ4n) is 5.88. The number of ether oxygens (including phenoxy) is 3. The summed E-state index contributed by atoms with van der Waals surface area (Å²) in [5, 5.41) is 14.7. The van der Waals surface area contributed by atoms with E-state index in [-0.39, 0.29) is 24.4 Å². The fraction of sp³-hybridized carbons (Fsp3) is 0.536. The van der Waals surface area contributed by atoms with Gasteiger partial charge < -0.3 is 24.6 Å². The Balaban J connectivity index is 1.68. The maximum atomic E-state index is 13.2. The molecule has 1 aliphatic heterocycles. The van der Waals surface area contributed by atoms with E-state index in [4.69, 9.17) is 14.2 Å². The summed E-state index contributed by atoms with van der Waals surface area (Å²) in [5.74, 6) is 1.64. The van der Waals surface area contributed by atoms with E-state index in [0.29, 0.717) is 30.2 Å². The van der Waals surface area contributed by atoms with Crippen molar-refractivity contribution in [1.82, 2.24) is 4.90 Å². The van der Waals surface area contributed by atoms with E-state index in [9.17, 15) is 9.90 Å². The Bertz CT molecular complexity index is 1050. The van der Waals surface area contributed by atoms with Crippen molar-refractivity contribution in [2.45, 2.75) is 57.6 Å². The van der Waals surface area contributed by atoms with Crippen LogP contribution in [0.2, 0.25) is 0 Å². The first kappa shape index (κ1) is 25.3. The SMILES string of the molecule is COc1cc([C@H]2[C@H]3CCCC[C@@]3(O)CCN2CC(=O)Nc2cc(C)ccc2C)cc(OC)c1OC. The number of nitrogens with one attached hydrogen (secondary N) is 1. The van der Waals surface area contributed by atoms with Crippen LogP contribution in [0.5, 0.6) is 17.2 Å². The van der Waals surface area contributed by atoms with E-state index in [1.807, 2.05) is 44.2 Å². The first-order valence-corrected chi connectivity index (χ1v) is 12.4. The van der Waals surface area contributed by atoms with Crippen molar-refractivity contribution in [3.05, 3.63) is 47.0 Å². The monoisotopic (exact) mass is 482 g/mol. The van der Waals surface area contributed by atoms with Gasteiger partial charge in [0.2, 0.25) is 11.7 Å². The summed E-state index contributed by atoms with van der Waals surface area (Å²) in [6.07, 6.45) is 4.46. The first-order chi connectivity index (χ1) is 16.8. The molecule has 1 aliphatic carbocycles. The van der Waals surface area contributed by atoms with Gasteiger partial charge in [-0.15, -0.1) is 0 Å². The molecule has 0 bridgehead atoms. The second-order valence-corrected chi connectivity index (χ2v) is 9.95. The van der Waals surface area contributed by atoms with Gasteiger partial charge in [0.05, 0.1) is 33.5 Å². The van der Waals surface area contributed by atoms with Gasteiger partial charge in [0.1, 0.15) is 0 Å². The van der Waals surface area contributed by atoms with Crippen molar-refractivity contribution >= 4 is 11.6 Å². The molecule has 2 aromatic carbocycles. The van der Waals surface area contributed by atoms with E-state index in [0.717, 1.165) is 48.1 Å². The highest BCUT2D eigenvalue weighted by atomic mass is 16.5. The number of piperidine rings is 1. The number of amides is 1. The molecular weight excluding hydrogens is 444 g/mol. The number of aryl methyl sites for hydroxylation is 2. The van der Waals surface area contributed by atoms with Crippen molar-refractivity contribution in [2.75, 3.05) is 39.7 Å². The van der Waals surface area contributed by atoms with Crippen LogP contribution in [0.15, 0.2) is 30.3 Å². The molecule has 1 amide bonds. The van der Waals surface area contributed by atoms with Gasteiger partial charge in [-0.1, -0.05) is 25.0 Å². The number of carbonyl (C=O) groups is 1. The Morgan fingerprint density at radius 3 is 2.43 bits per heavy atom. The second kappa shape index (κ2) is 10.5. The van der Waals surface area contributed by atoms with Crippen LogP contribution in [0.4, 0.5) is 5.69 Å². The molecule has 2 aromatic rings. The first-order valence-electron chi connectivity index (χ1n) is 12.4. The van der Waals surface area contributed by atoms with Gasteiger partial charge in [-0.3, -0.25) is 9.69 Å². The third-order valence-electron chi connectivity index (χ3n) is 7.71. The number of anilines is 1. The van der Waals surface area contributed by atoms with Crippen LogP contribution in [0.3, 0.4) is 0 Å². The number of carbonyl (C=O) groups excluding carboxylic acids is 1. The summed E-state index contributed by atoms with van der Waals surface area (Å²) in [6, 6.07) is 9.84. The van der Waals surface area contributed by atoms with Crippen LogP contribution in [-0.4, -0.2) is 55.9 Å². The molecule has 7 heteroatoms. The largest absolute Gasteiger partial charge is 0.493 e. The van der Waals surface area contributed by atoms with E-state index < -0.39 is 5.60 Å². The molecule has 0 radical (unpaired) electrons. The zero-order chi connectivity index (χ0) is 25.2. The molecule has 2 aliphatic rings. The molecular formula is C28H38N2O5. The maximum Gasteiger partial charge on any atom is 0.238 e. The van der Waals surface area contributed by atoms with Crippen molar-refractivity contribution in [3.63, 3.8) is 0 Å². The number of nitrogens with zero attached hydrogens (tertiary/aromatic N) is 1. The highest BCUT2D eigenvalue weighted by Gasteiger charge is 2.49. The Hall–Kier alpha value is -2.77. The lowest BCUT2D eigenvalue weighted by Crippen LogP contribution is -2.56. The van der Waals surface area contributed by atoms with Crippen LogP contribution in [-0.2, 0) is 4.79 Å². The normalized spacial score (nSPS) is 24.4. The van der Waals surface area contributed by atoms with Crippen molar-refractivity contribution in [2.24, 2.45) is 5.92 Å². The lowest BCUT2D eigenvalue weighted by Gasteiger charge is -2.52. The summed E-state index contributed by atoms with van der Waals surface area (Å²) < 4.78 is 16.8. The van der Waals surface area contributed by atoms with E-state index in [1.54, 1.807) is 21.3 Å². The lowest BCUT2D eigenvalue weighted by atomic mass is 9.66. The number of benzene rings is 2. The quantitative estimate of drug-likeness (QED) is 0.599. The molecule has 2 fully saturated rings. The Morgan fingerprint density at radius 1 is 1.06 bits per heavy atom. The molecule has 1 saturated heterocycles. The van der Waals surface area contributed by atoms with Crippen molar-refractivity contribution < 1.29 is 24.1 Å². The number of aliphatic hydroxyl groups is 1. The molecule has 35 heavy (non-hydrogen) atoms. The molecule has 0 spiro atoms. The molecule has 3 atom stereocenters. The summed E-state index contributed by atoms with van der Waals surface area (Å²) in [5.41, 5.74) is 3.20. The summed E-state index contributed by atoms with van der Waals surface area (Å²) in [7, 11) is 4.80. The number of likely N-dealkylation sites (tertiary alicyclic amines) is 1. The Morgan fingerprint density at radius 2 is 1.77 bits per heavy atom. The number of rotatable bonds is 7. The standard InChI is InChI=1S/C28H38N2O5/c1-18-9-10-19(2)22(14-18)29-25(31)17-30-13-12-28(32)11-7-6-8-21(28)26(30)20-15-23(33-3)27(35-5)24(16-20)34-4/h9-10,14-16,21,26,32H,6-8,11-13,17H2,1-5H3,(H,29,31)/t21-,26+,28-/m1/s1. The van der Waals surface area contributed by atoms with Crippen molar-refractivity contribution in [1.29, 1.82) is 0 Å². The zero-order valence-electron chi connectivity index (χ0n) is 21.5. The molecule has 2 N–H and O–H groups in total. The molecule has 1 heterocycles. The zero-order valence-corrected chi connectivity index (χ0v) is 21.5. The summed E-state index contributed by atoms with van der Waals surface area (Å²) >= 11 is 0. The average molecular weight is 483 g/mol. The van der Waals surface area contributed by atoms with Gasteiger partial charge in [0, 0.05) is 24.2 Å². The molecule has 4 rings (SSSR count). The third-order valence-corrected chi connectivity index (χ3v) is 7.71. The third kappa shape index (κ3) is 5.11. The van der Waals surface area contributed by atoms with Gasteiger partial charge in [0.25, 0.3) is 0 Å². The van der Waals surface area contributed by atoms with Crippen LogP contribution in [0, 0.1) is 19.8 Å². The molecule has 0 unspecified atom stereocenters. The van der Waals surface area contributed by atoms with Crippen LogP contribution in [0.25, 0.3) is 0 Å². The van der Waals surface area contributed by atoms with Gasteiger partial charge in [-0.05, 0) is 68.0 Å². The Kier molecular flexibility index (Phi) is 7.57. The number of fused-ring (bicyclic) bond motifs is 1. The maximum absolute atomic E-state index is 13.2. The molecule has 0 aromatic heterocycles. The molecule has 190 valence electrons. The number of hydrogen-bond donors (Lipinski definition) is 2. The van der Waals surface area contributed by atoms with Crippen LogP contribution in [0.1, 0.15) is 54.8 Å². The van der Waals surface area contributed by atoms with Gasteiger partial charge >= 0.3 is 0 Å². The van der Waals surface area contributed by atoms with Crippen molar-refractivity contribution in [3.8, 4) is 17.2 Å². The van der Waals surface area contributed by atoms with Gasteiger partial charge in [-0.25, -0.2) is 0 Å². The smallest absolute Gasteiger partial charge is 0.238 e. The van der Waals surface area contributed by atoms with E-state index >= 15 is 0 Å². The topological polar surface area (TPSA) is 80.3 Å². The fourth-order valence-corrected chi connectivity index (χ4v) is 5.88. The lowest BCUT2D eigenvalue weighted by molar-refractivity contribution is -0.135. The highest BCUT2D eigenvalue weighted by molar-refractivity contribution is 5.93. The van der Waals surface area contributed by atoms with Crippen LogP contribution < -0.4 is 19.5 Å². The predicted molar refractivity (Wildman–Crippen MR) is 136 cm³/mol. The average Bonchev–Trinajstić information content (AvgIpc) is 2.85. The number of hydrogen-bond acceptors (Lipinski definition) is 6. The van der Waals surface area contributed by atoms with Crippen LogP contribution >= 0.6 is 0 Å². The summed E-state index contributed by atoms with van der Waals surface area (Å²) in [6.45, 7) is 4.89. The van der Waals surface area contributed by atoms with E-state index in [2.05, 4.69) is 10.2 Å². The minimum absolute atomic E-state index is 0.0151. The Labute approximate surface area is 208 Å². The van der Waals surface area contributed by atoms with E-state index in [1.165, 1.54) is 0 Å². The number of methoxy groups -OCH3 is 3. The minimum Gasteiger partial charge on any atom is -0.493 e. The highest BCUT2D eigenvalue weighted by Crippen LogP contribution is 2.51.